The Balaban J connectivity index is 2.57. The van der Waals surface area contributed by atoms with E-state index in [4.69, 9.17) is 0 Å². The van der Waals surface area contributed by atoms with Crippen molar-refractivity contribution in [2.24, 2.45) is 7.05 Å². The Bertz CT molecular complexity index is 1050. The van der Waals surface area contributed by atoms with Crippen LogP contribution in [-0.4, -0.2) is 23.1 Å². The summed E-state index contributed by atoms with van der Waals surface area (Å²) in [6, 6.07) is 0.271. The molecule has 130 valence electrons. The van der Waals surface area contributed by atoms with Gasteiger partial charge in [-0.2, -0.15) is 4.98 Å². The van der Waals surface area contributed by atoms with E-state index >= 15 is 0 Å². The predicted molar refractivity (Wildman–Crippen MR) is 95.0 cm³/mol. The van der Waals surface area contributed by atoms with Crippen LogP contribution >= 0.6 is 0 Å². The highest BCUT2D eigenvalue weighted by molar-refractivity contribution is 5.76. The lowest BCUT2D eigenvalue weighted by Crippen LogP contribution is -2.39. The highest BCUT2D eigenvalue weighted by atomic mass is 16.2. The van der Waals surface area contributed by atoms with Crippen molar-refractivity contribution in [3.8, 4) is 0 Å². The second-order valence-corrected chi connectivity index (χ2v) is 6.52. The lowest BCUT2D eigenvalue weighted by atomic mass is 10.2. The number of rotatable bonds is 4. The molecular formula is C17H25N5O2. The smallest absolute Gasteiger partial charge is 0.311 e. The van der Waals surface area contributed by atoms with Crippen LogP contribution in [0.3, 0.4) is 0 Å². The fourth-order valence-corrected chi connectivity index (χ4v) is 3.41. The molecule has 0 spiro atoms. The number of fused-ring (bicyclic) bond motifs is 3. The topological polar surface area (TPSA) is 66.2 Å². The summed E-state index contributed by atoms with van der Waals surface area (Å²) < 4.78 is 6.86. The first-order valence-corrected chi connectivity index (χ1v) is 8.54. The summed E-state index contributed by atoms with van der Waals surface area (Å²) in [6.07, 6.45) is 1.70. The van der Waals surface area contributed by atoms with Crippen molar-refractivity contribution in [2.45, 2.75) is 60.0 Å². The monoisotopic (exact) mass is 331 g/mol. The van der Waals surface area contributed by atoms with Crippen LogP contribution in [-0.2, 0) is 13.6 Å². The first kappa shape index (κ1) is 16.5. The molecule has 0 saturated carbocycles. The van der Waals surface area contributed by atoms with E-state index in [1.54, 1.807) is 7.05 Å². The van der Waals surface area contributed by atoms with Gasteiger partial charge in [-0.15, -0.1) is 0 Å². The molecule has 7 heteroatoms. The molecule has 0 saturated heterocycles. The molecule has 3 aromatic rings. The third-order valence-electron chi connectivity index (χ3n) is 5.04. The van der Waals surface area contributed by atoms with Gasteiger partial charge in [-0.25, -0.2) is 4.79 Å². The lowest BCUT2D eigenvalue weighted by Gasteiger charge is -2.13. The van der Waals surface area contributed by atoms with Crippen molar-refractivity contribution in [3.63, 3.8) is 0 Å². The summed E-state index contributed by atoms with van der Waals surface area (Å²) in [5, 5.41) is 0. The van der Waals surface area contributed by atoms with E-state index in [9.17, 15) is 9.59 Å². The number of aromatic nitrogens is 5. The van der Waals surface area contributed by atoms with E-state index in [0.29, 0.717) is 17.7 Å². The molecule has 0 aliphatic carbocycles. The molecule has 0 bridgehead atoms. The van der Waals surface area contributed by atoms with Crippen molar-refractivity contribution in [1.82, 2.24) is 23.1 Å². The molecule has 7 nitrogen and oxygen atoms in total. The quantitative estimate of drug-likeness (QED) is 0.736. The standard InChI is InChI=1S/C17H25N5O2/c1-7-9-20-15(23)13-14(19(6)17(20)24)18-16-21(10(3)8-2)11(4)12(5)22(13)16/h10H,7-9H2,1-6H3. The van der Waals surface area contributed by atoms with Crippen LogP contribution in [0.4, 0.5) is 0 Å². The molecule has 1 unspecified atom stereocenters. The van der Waals surface area contributed by atoms with Crippen LogP contribution in [0, 0.1) is 13.8 Å². The van der Waals surface area contributed by atoms with Gasteiger partial charge in [0.25, 0.3) is 5.56 Å². The maximum atomic E-state index is 13.0. The molecule has 0 aliphatic heterocycles. The molecule has 24 heavy (non-hydrogen) atoms. The number of aryl methyl sites for hydroxylation is 2. The van der Waals surface area contributed by atoms with Crippen LogP contribution < -0.4 is 11.2 Å². The molecule has 3 heterocycles. The van der Waals surface area contributed by atoms with E-state index in [0.717, 1.165) is 30.0 Å². The zero-order chi connectivity index (χ0) is 17.8. The highest BCUT2D eigenvalue weighted by Crippen LogP contribution is 2.25. The van der Waals surface area contributed by atoms with Crippen molar-refractivity contribution in [2.75, 3.05) is 0 Å². The lowest BCUT2D eigenvalue weighted by molar-refractivity contribution is 0.532. The van der Waals surface area contributed by atoms with Gasteiger partial charge in [0.05, 0.1) is 0 Å². The number of nitrogens with zero attached hydrogens (tertiary/aromatic N) is 5. The number of imidazole rings is 2. The van der Waals surface area contributed by atoms with Gasteiger partial charge in [-0.3, -0.25) is 18.3 Å². The molecule has 0 radical (unpaired) electrons. The van der Waals surface area contributed by atoms with Crippen molar-refractivity contribution < 1.29 is 0 Å². The fraction of sp³-hybridized carbons (Fsp3) is 0.588. The summed E-state index contributed by atoms with van der Waals surface area (Å²) in [4.78, 5) is 30.1. The summed E-state index contributed by atoms with van der Waals surface area (Å²) in [5.41, 5.74) is 2.47. The van der Waals surface area contributed by atoms with E-state index in [-0.39, 0.29) is 17.3 Å². The maximum absolute atomic E-state index is 13.0. The van der Waals surface area contributed by atoms with Gasteiger partial charge in [0, 0.05) is 31.0 Å². The van der Waals surface area contributed by atoms with E-state index in [1.807, 2.05) is 18.2 Å². The van der Waals surface area contributed by atoms with E-state index in [2.05, 4.69) is 30.3 Å². The Labute approximate surface area is 140 Å². The average Bonchev–Trinajstić information content (AvgIpc) is 3.05. The van der Waals surface area contributed by atoms with Crippen LogP contribution in [0.1, 0.15) is 51.0 Å². The third kappa shape index (κ3) is 2.00. The average molecular weight is 331 g/mol. The van der Waals surface area contributed by atoms with Gasteiger partial charge in [-0.1, -0.05) is 13.8 Å². The van der Waals surface area contributed by atoms with Crippen molar-refractivity contribution >= 4 is 16.9 Å². The van der Waals surface area contributed by atoms with Crippen LogP contribution in [0.5, 0.6) is 0 Å². The summed E-state index contributed by atoms with van der Waals surface area (Å²) in [7, 11) is 1.68. The zero-order valence-electron chi connectivity index (χ0n) is 15.3. The summed E-state index contributed by atoms with van der Waals surface area (Å²) in [5.74, 6) is 0.732. The normalized spacial score (nSPS) is 13.2. The van der Waals surface area contributed by atoms with Gasteiger partial charge < -0.3 is 4.57 Å². The van der Waals surface area contributed by atoms with E-state index in [1.165, 1.54) is 9.13 Å². The molecule has 0 fully saturated rings. The minimum atomic E-state index is -0.306. The first-order chi connectivity index (χ1) is 11.3. The molecule has 0 amide bonds. The van der Waals surface area contributed by atoms with Gasteiger partial charge in [-0.05, 0) is 33.6 Å². The van der Waals surface area contributed by atoms with Crippen LogP contribution in [0.25, 0.3) is 16.9 Å². The maximum Gasteiger partial charge on any atom is 0.332 e. The molecule has 3 rings (SSSR count). The highest BCUT2D eigenvalue weighted by Gasteiger charge is 2.23. The molecule has 1 atom stereocenters. The molecular weight excluding hydrogens is 306 g/mol. The number of hydrogen-bond acceptors (Lipinski definition) is 3. The van der Waals surface area contributed by atoms with Gasteiger partial charge in [0.15, 0.2) is 11.2 Å². The minimum Gasteiger partial charge on any atom is -0.311 e. The Hall–Kier alpha value is -2.31. The fourth-order valence-electron chi connectivity index (χ4n) is 3.41. The Morgan fingerprint density at radius 3 is 2.38 bits per heavy atom. The predicted octanol–water partition coefficient (Wildman–Crippen LogP) is 2.15. The van der Waals surface area contributed by atoms with Gasteiger partial charge in [0.2, 0.25) is 5.78 Å². The third-order valence-corrected chi connectivity index (χ3v) is 5.04. The van der Waals surface area contributed by atoms with Gasteiger partial charge in [0.1, 0.15) is 0 Å². The van der Waals surface area contributed by atoms with Crippen LogP contribution in [0.15, 0.2) is 9.59 Å². The van der Waals surface area contributed by atoms with E-state index < -0.39 is 0 Å². The SMILES string of the molecule is CCCn1c(=O)c2c(nc3n(C(C)CC)c(C)c(C)n23)n(C)c1=O. The Kier molecular flexibility index (Phi) is 3.89. The first-order valence-electron chi connectivity index (χ1n) is 8.54. The van der Waals surface area contributed by atoms with Crippen molar-refractivity contribution in [1.29, 1.82) is 0 Å². The minimum absolute atomic E-state index is 0.258. The van der Waals surface area contributed by atoms with Crippen LogP contribution in [0.2, 0.25) is 0 Å². The van der Waals surface area contributed by atoms with Crippen molar-refractivity contribution in [3.05, 3.63) is 32.2 Å². The second-order valence-electron chi connectivity index (χ2n) is 6.52. The largest absolute Gasteiger partial charge is 0.332 e. The van der Waals surface area contributed by atoms with Gasteiger partial charge >= 0.3 is 5.69 Å². The molecule has 0 aliphatic rings. The Morgan fingerprint density at radius 2 is 1.79 bits per heavy atom. The molecule has 0 N–H and O–H groups in total. The Morgan fingerprint density at radius 1 is 1.12 bits per heavy atom. The number of hydrogen-bond donors (Lipinski definition) is 0. The summed E-state index contributed by atoms with van der Waals surface area (Å²) >= 11 is 0. The molecule has 0 aromatic carbocycles. The second kappa shape index (κ2) is 5.65. The molecule has 3 aromatic heterocycles. The zero-order valence-corrected chi connectivity index (χ0v) is 15.3. The summed E-state index contributed by atoms with van der Waals surface area (Å²) in [6.45, 7) is 10.7.